The van der Waals surface area contributed by atoms with Gasteiger partial charge in [0.15, 0.2) is 0 Å². The Labute approximate surface area is 248 Å². The number of rotatable bonds is 12. The van der Waals surface area contributed by atoms with Gasteiger partial charge in [-0.2, -0.15) is 0 Å². The lowest BCUT2D eigenvalue weighted by Crippen LogP contribution is -2.47. The van der Waals surface area contributed by atoms with Gasteiger partial charge in [-0.05, 0) is 91.8 Å². The van der Waals surface area contributed by atoms with E-state index in [4.69, 9.17) is 9.63 Å². The van der Waals surface area contributed by atoms with Crippen molar-refractivity contribution in [3.63, 3.8) is 0 Å². The summed E-state index contributed by atoms with van der Waals surface area (Å²) in [5, 5.41) is 12.7. The fourth-order valence-electron chi connectivity index (χ4n) is 8.57. The monoisotopic (exact) mass is 591 g/mol. The third-order valence-corrected chi connectivity index (χ3v) is 11.8. The summed E-state index contributed by atoms with van der Waals surface area (Å²) in [6.45, 7) is 12.4. The Hall–Kier alpha value is -1.40. The Morgan fingerprint density at radius 2 is 1.90 bits per heavy atom. The van der Waals surface area contributed by atoms with E-state index in [0.717, 1.165) is 25.2 Å². The molecule has 0 spiro atoms. The molecule has 0 aromatic carbocycles. The lowest BCUT2D eigenvalue weighted by molar-refractivity contribution is 0.0289. The van der Waals surface area contributed by atoms with Gasteiger partial charge in [-0.25, -0.2) is 4.79 Å². The predicted octanol–water partition coefficient (Wildman–Crippen LogP) is 7.36. The molecule has 8 heteroatoms. The summed E-state index contributed by atoms with van der Waals surface area (Å²) in [7, 11) is -2.98. The highest BCUT2D eigenvalue weighted by molar-refractivity contribution is 7.32. The van der Waals surface area contributed by atoms with Gasteiger partial charge < -0.3 is 24.6 Å². The molecule has 232 valence electrons. The minimum Gasteiger partial charge on any atom is -0.446 e. The molecule has 3 saturated carbocycles. The average Bonchev–Trinajstić information content (AvgIpc) is 3.28. The number of carbonyl (C=O) groups excluding carboxylic acids is 1. The van der Waals surface area contributed by atoms with E-state index in [1.54, 1.807) is 5.57 Å². The van der Waals surface area contributed by atoms with Crippen LogP contribution in [0.1, 0.15) is 98.8 Å². The van der Waals surface area contributed by atoms with Crippen LogP contribution in [0.25, 0.3) is 0 Å². The first-order chi connectivity index (χ1) is 19.5. The highest BCUT2D eigenvalue weighted by atomic mass is 31.1. The first kappa shape index (κ1) is 32.5. The summed E-state index contributed by atoms with van der Waals surface area (Å²) in [4.78, 5) is 21.2. The maximum Gasteiger partial charge on any atom is 0.407 e. The second-order valence-electron chi connectivity index (χ2n) is 13.8. The minimum absolute atomic E-state index is 0.0163. The lowest BCUT2D eigenvalue weighted by Gasteiger charge is -2.55. The van der Waals surface area contributed by atoms with Crippen molar-refractivity contribution in [1.82, 2.24) is 5.32 Å². The zero-order valence-corrected chi connectivity index (χ0v) is 26.9. The largest absolute Gasteiger partial charge is 0.446 e. The molecule has 0 bridgehead atoms. The lowest BCUT2D eigenvalue weighted by atomic mass is 9.50. The van der Waals surface area contributed by atoms with Crippen LogP contribution in [0.5, 0.6) is 0 Å². The molecule has 3 fully saturated rings. The maximum absolute atomic E-state index is 12.5. The van der Waals surface area contributed by atoms with E-state index in [-0.39, 0.29) is 31.1 Å². The van der Waals surface area contributed by atoms with Crippen LogP contribution in [0.3, 0.4) is 0 Å². The normalized spacial score (nSPS) is 35.8. The zero-order valence-electron chi connectivity index (χ0n) is 25.9. The molecule has 4 aliphatic carbocycles. The Balaban J connectivity index is 1.33. The fourth-order valence-corrected chi connectivity index (χ4v) is 8.86. The van der Waals surface area contributed by atoms with E-state index in [1.807, 2.05) is 0 Å². The number of aliphatic hydroxyl groups is 1. The van der Waals surface area contributed by atoms with E-state index in [2.05, 4.69) is 68.8 Å². The zero-order chi connectivity index (χ0) is 29.8. The highest BCUT2D eigenvalue weighted by Crippen LogP contribution is 2.66. The van der Waals surface area contributed by atoms with E-state index >= 15 is 0 Å². The van der Waals surface area contributed by atoms with Crippen LogP contribution in [-0.4, -0.2) is 41.5 Å². The van der Waals surface area contributed by atoms with Crippen molar-refractivity contribution in [3.8, 4) is 0 Å². The van der Waals surface area contributed by atoms with Crippen molar-refractivity contribution in [2.75, 3.05) is 13.2 Å². The van der Waals surface area contributed by atoms with Gasteiger partial charge in [-0.3, -0.25) is 4.57 Å². The third kappa shape index (κ3) is 7.40. The number of carbonyl (C=O) groups is 1. The van der Waals surface area contributed by atoms with Crippen LogP contribution in [0.15, 0.2) is 35.5 Å². The summed E-state index contributed by atoms with van der Waals surface area (Å²) < 4.78 is 21.0. The summed E-state index contributed by atoms with van der Waals surface area (Å²) in [5.41, 5.74) is 3.64. The Morgan fingerprint density at radius 1 is 1.12 bits per heavy atom. The smallest absolute Gasteiger partial charge is 0.407 e. The van der Waals surface area contributed by atoms with E-state index in [0.29, 0.717) is 35.5 Å². The Kier molecular flexibility index (Phi) is 11.0. The van der Waals surface area contributed by atoms with Crippen LogP contribution < -0.4 is 5.32 Å². The van der Waals surface area contributed by atoms with Crippen LogP contribution in [0.2, 0.25) is 0 Å². The Morgan fingerprint density at radius 3 is 2.63 bits per heavy atom. The second-order valence-corrected chi connectivity index (χ2v) is 14.6. The van der Waals surface area contributed by atoms with Gasteiger partial charge in [0, 0.05) is 13.0 Å². The number of amides is 1. The molecule has 0 aromatic rings. The summed E-state index contributed by atoms with van der Waals surface area (Å²) in [5.74, 6) is 3.29. The van der Waals surface area contributed by atoms with Gasteiger partial charge in [-0.1, -0.05) is 76.5 Å². The van der Waals surface area contributed by atoms with Gasteiger partial charge in [0.05, 0.1) is 12.7 Å². The van der Waals surface area contributed by atoms with Crippen molar-refractivity contribution in [1.29, 1.82) is 0 Å². The van der Waals surface area contributed by atoms with Crippen molar-refractivity contribution >= 4 is 14.3 Å². The first-order valence-electron chi connectivity index (χ1n) is 16.1. The molecule has 10 atom stereocenters. The van der Waals surface area contributed by atoms with Gasteiger partial charge in [-0.15, -0.1) is 0 Å². The van der Waals surface area contributed by atoms with Crippen LogP contribution >= 0.6 is 8.25 Å². The molecule has 7 nitrogen and oxygen atoms in total. The molecule has 9 unspecified atom stereocenters. The fraction of sp³-hybridized carbons (Fsp3) is 0.788. The van der Waals surface area contributed by atoms with E-state index in [9.17, 15) is 14.5 Å². The number of hydrogen-bond acceptors (Lipinski definition) is 5. The molecule has 1 amide bonds. The molecular weight excluding hydrogens is 537 g/mol. The number of hydrogen-bond donors (Lipinski definition) is 3. The Bertz CT molecular complexity index is 1040. The van der Waals surface area contributed by atoms with Crippen LogP contribution in [-0.2, 0) is 13.8 Å². The average molecular weight is 592 g/mol. The molecule has 0 heterocycles. The van der Waals surface area contributed by atoms with Crippen molar-refractivity contribution in [2.24, 2.45) is 40.4 Å². The van der Waals surface area contributed by atoms with Crippen LogP contribution in [0.4, 0.5) is 4.79 Å². The summed E-state index contributed by atoms with van der Waals surface area (Å²) in [6.07, 6.45) is 18.1. The number of allylic oxidation sites excluding steroid dienone is 5. The maximum atomic E-state index is 12.5. The van der Waals surface area contributed by atoms with E-state index in [1.165, 1.54) is 37.7 Å². The molecule has 0 aromatic heterocycles. The van der Waals surface area contributed by atoms with Crippen molar-refractivity contribution < 1.29 is 28.6 Å². The molecule has 0 radical (unpaired) electrons. The standard InChI is InChI=1S/C33H54NO6P/c1-6-22(2)7-8-23(3)28-11-12-29-27-10-9-24-21-26(13-17-32(24,4)30(27)14-18-33(28,29)5)40-31(36)34-19-15-25(35)16-20-39-41(37)38/h7-10,22-23,25-26,28-30,35,41H,6,11-21H2,1-5H3,(H,34,36)(H,37,38)/b8-7+/t22?,23?,25?,26-,28?,29?,30?,32?,33?/m1/s1. The van der Waals surface area contributed by atoms with E-state index < -0.39 is 20.5 Å². The van der Waals surface area contributed by atoms with Crippen LogP contribution in [0, 0.1) is 40.4 Å². The number of nitrogens with one attached hydrogen (secondary N) is 1. The summed E-state index contributed by atoms with van der Waals surface area (Å²) >= 11 is 0. The topological polar surface area (TPSA) is 105 Å². The van der Waals surface area contributed by atoms with Crippen molar-refractivity contribution in [3.05, 3.63) is 35.5 Å². The molecule has 0 saturated heterocycles. The van der Waals surface area contributed by atoms with Gasteiger partial charge in [0.25, 0.3) is 0 Å². The minimum atomic E-state index is -2.98. The first-order valence-corrected chi connectivity index (χ1v) is 17.3. The van der Waals surface area contributed by atoms with Crippen molar-refractivity contribution in [2.45, 2.75) is 111 Å². The molecule has 0 aliphatic heterocycles. The van der Waals surface area contributed by atoms with Gasteiger partial charge in [0.2, 0.25) is 0 Å². The molecule has 41 heavy (non-hydrogen) atoms. The second kappa shape index (κ2) is 13.9. The predicted molar refractivity (Wildman–Crippen MR) is 164 cm³/mol. The van der Waals surface area contributed by atoms with Gasteiger partial charge >= 0.3 is 14.3 Å². The molecule has 4 aliphatic rings. The third-order valence-electron chi connectivity index (χ3n) is 11.3. The number of ether oxygens (including phenoxy) is 1. The quantitative estimate of drug-likeness (QED) is 0.162. The SMILES string of the molecule is CCC(C)/C=C/C(C)C1CCC2C3=CC=C4C[C@H](OC(=O)NCCC(O)CCO[PH](=O)O)CCC4(C)C3CCC21C. The van der Waals surface area contributed by atoms with Gasteiger partial charge in [0.1, 0.15) is 6.10 Å². The molecule has 3 N–H and O–H groups in total. The highest BCUT2D eigenvalue weighted by Gasteiger charge is 2.57. The number of fused-ring (bicyclic) bond motifs is 5. The number of aliphatic hydroxyl groups excluding tert-OH is 1. The molecule has 4 rings (SSSR count). The molecular formula is C33H54NO6P. The number of alkyl carbamates (subject to hydrolysis) is 1. The summed E-state index contributed by atoms with van der Waals surface area (Å²) in [6, 6.07) is 0.